The van der Waals surface area contributed by atoms with Gasteiger partial charge in [-0.1, -0.05) is 6.92 Å². The van der Waals surface area contributed by atoms with E-state index in [1.54, 1.807) is 13.8 Å². The van der Waals surface area contributed by atoms with Gasteiger partial charge in [0.2, 0.25) is 11.8 Å². The highest BCUT2D eigenvalue weighted by molar-refractivity contribution is 5.80. The number of hydrogen-bond donors (Lipinski definition) is 3. The molecule has 0 saturated heterocycles. The Morgan fingerprint density at radius 1 is 1.27 bits per heavy atom. The summed E-state index contributed by atoms with van der Waals surface area (Å²) in [5, 5.41) is 5.33. The number of nitrogens with two attached hydrogens (primary N) is 1. The minimum Gasteiger partial charge on any atom is -0.356 e. The van der Waals surface area contributed by atoms with Gasteiger partial charge in [-0.2, -0.15) is 0 Å². The van der Waals surface area contributed by atoms with E-state index in [-0.39, 0.29) is 23.8 Å². The van der Waals surface area contributed by atoms with E-state index in [0.717, 1.165) is 0 Å². The number of nitrogens with one attached hydrogen (secondary N) is 2. The van der Waals surface area contributed by atoms with Crippen molar-refractivity contribution in [3.63, 3.8) is 0 Å². The Labute approximate surface area is 90.8 Å². The first kappa shape index (κ1) is 13.9. The van der Waals surface area contributed by atoms with Crippen molar-refractivity contribution in [1.82, 2.24) is 10.6 Å². The first-order valence-corrected chi connectivity index (χ1v) is 5.29. The molecular formula is C10H21N3O2. The standard InChI is InChI=1S/C10H21N3O2/c1-4-12-9(14)5-6-13-10(15)7(2)8(3)11/h7-8H,4-6,11H2,1-3H3,(H,12,14)(H,13,15). The lowest BCUT2D eigenvalue weighted by atomic mass is 10.0. The zero-order valence-corrected chi connectivity index (χ0v) is 9.67. The maximum atomic E-state index is 11.4. The van der Waals surface area contributed by atoms with Crippen LogP contribution in [0.5, 0.6) is 0 Å². The summed E-state index contributed by atoms with van der Waals surface area (Å²) in [6.07, 6.45) is 0.311. The van der Waals surface area contributed by atoms with E-state index >= 15 is 0 Å². The summed E-state index contributed by atoms with van der Waals surface area (Å²) < 4.78 is 0. The fourth-order valence-corrected chi connectivity index (χ4v) is 0.985. The molecule has 0 heterocycles. The van der Waals surface area contributed by atoms with Gasteiger partial charge in [-0.3, -0.25) is 9.59 Å². The Kier molecular flexibility index (Phi) is 6.70. The van der Waals surface area contributed by atoms with E-state index in [1.165, 1.54) is 0 Å². The number of amides is 2. The van der Waals surface area contributed by atoms with Crippen LogP contribution in [-0.4, -0.2) is 30.9 Å². The van der Waals surface area contributed by atoms with Crippen molar-refractivity contribution in [2.75, 3.05) is 13.1 Å². The van der Waals surface area contributed by atoms with Gasteiger partial charge >= 0.3 is 0 Å². The molecule has 0 aliphatic rings. The Balaban J connectivity index is 3.68. The van der Waals surface area contributed by atoms with Crippen molar-refractivity contribution in [3.8, 4) is 0 Å². The monoisotopic (exact) mass is 215 g/mol. The lowest BCUT2D eigenvalue weighted by molar-refractivity contribution is -0.125. The average molecular weight is 215 g/mol. The topological polar surface area (TPSA) is 84.2 Å². The van der Waals surface area contributed by atoms with Gasteiger partial charge in [-0.15, -0.1) is 0 Å². The second-order valence-corrected chi connectivity index (χ2v) is 3.64. The number of hydrogen-bond acceptors (Lipinski definition) is 3. The molecule has 5 heteroatoms. The van der Waals surface area contributed by atoms with Crippen LogP contribution in [0, 0.1) is 5.92 Å². The summed E-state index contributed by atoms with van der Waals surface area (Å²) in [6, 6.07) is -0.172. The normalized spacial score (nSPS) is 14.1. The van der Waals surface area contributed by atoms with Crippen LogP contribution in [0.15, 0.2) is 0 Å². The summed E-state index contributed by atoms with van der Waals surface area (Å²) in [5.74, 6) is -0.375. The van der Waals surface area contributed by atoms with Gasteiger partial charge in [0.15, 0.2) is 0 Å². The smallest absolute Gasteiger partial charge is 0.224 e. The Morgan fingerprint density at radius 2 is 1.87 bits per heavy atom. The Bertz CT molecular complexity index is 217. The fraction of sp³-hybridized carbons (Fsp3) is 0.800. The largest absolute Gasteiger partial charge is 0.356 e. The van der Waals surface area contributed by atoms with Crippen molar-refractivity contribution in [3.05, 3.63) is 0 Å². The number of rotatable bonds is 6. The summed E-state index contributed by atoms with van der Waals surface area (Å²) in [4.78, 5) is 22.4. The molecule has 0 rings (SSSR count). The van der Waals surface area contributed by atoms with Crippen LogP contribution >= 0.6 is 0 Å². The average Bonchev–Trinajstić information content (AvgIpc) is 2.16. The molecule has 0 saturated carbocycles. The maximum absolute atomic E-state index is 11.4. The molecule has 15 heavy (non-hydrogen) atoms. The van der Waals surface area contributed by atoms with E-state index in [9.17, 15) is 9.59 Å². The summed E-state index contributed by atoms with van der Waals surface area (Å²) in [6.45, 7) is 6.39. The minimum atomic E-state index is -0.223. The van der Waals surface area contributed by atoms with Crippen LogP contribution in [0.1, 0.15) is 27.2 Å². The van der Waals surface area contributed by atoms with Gasteiger partial charge in [0.1, 0.15) is 0 Å². The van der Waals surface area contributed by atoms with Gasteiger partial charge in [-0.05, 0) is 13.8 Å². The molecule has 0 fully saturated rings. The van der Waals surface area contributed by atoms with Crippen LogP contribution in [0.4, 0.5) is 0 Å². The van der Waals surface area contributed by atoms with E-state index in [2.05, 4.69) is 10.6 Å². The van der Waals surface area contributed by atoms with Crippen molar-refractivity contribution >= 4 is 11.8 Å². The van der Waals surface area contributed by atoms with Crippen molar-refractivity contribution < 1.29 is 9.59 Å². The molecule has 4 N–H and O–H groups in total. The summed E-state index contributed by atoms with van der Waals surface area (Å²) in [5.41, 5.74) is 5.58. The van der Waals surface area contributed by atoms with Crippen LogP contribution < -0.4 is 16.4 Å². The van der Waals surface area contributed by atoms with Crippen LogP contribution in [0.2, 0.25) is 0 Å². The lowest BCUT2D eigenvalue weighted by Gasteiger charge is -2.14. The molecule has 0 aliphatic heterocycles. The first-order chi connectivity index (χ1) is 6.99. The molecule has 0 aromatic rings. The lowest BCUT2D eigenvalue weighted by Crippen LogP contribution is -2.40. The predicted octanol–water partition coefficient (Wildman–Crippen LogP) is -0.388. The van der Waals surface area contributed by atoms with Crippen molar-refractivity contribution in [2.45, 2.75) is 33.2 Å². The molecule has 0 aliphatic carbocycles. The molecule has 2 atom stereocenters. The third-order valence-corrected chi connectivity index (χ3v) is 2.23. The molecule has 0 spiro atoms. The molecule has 88 valence electrons. The minimum absolute atomic E-state index is 0.0498. The van der Waals surface area contributed by atoms with E-state index in [1.807, 2.05) is 6.92 Å². The van der Waals surface area contributed by atoms with Crippen LogP contribution in [0.3, 0.4) is 0 Å². The first-order valence-electron chi connectivity index (χ1n) is 5.29. The quantitative estimate of drug-likeness (QED) is 0.564. The highest BCUT2D eigenvalue weighted by Gasteiger charge is 2.16. The van der Waals surface area contributed by atoms with E-state index in [0.29, 0.717) is 19.5 Å². The molecule has 5 nitrogen and oxygen atoms in total. The number of carbonyl (C=O) groups excluding carboxylic acids is 2. The van der Waals surface area contributed by atoms with Gasteiger partial charge in [0.05, 0.1) is 0 Å². The van der Waals surface area contributed by atoms with Crippen molar-refractivity contribution in [2.24, 2.45) is 11.7 Å². The van der Waals surface area contributed by atoms with Gasteiger partial charge in [0, 0.05) is 31.5 Å². The third-order valence-electron chi connectivity index (χ3n) is 2.23. The van der Waals surface area contributed by atoms with Crippen molar-refractivity contribution in [1.29, 1.82) is 0 Å². The highest BCUT2D eigenvalue weighted by Crippen LogP contribution is 1.98. The molecule has 2 amide bonds. The van der Waals surface area contributed by atoms with E-state index in [4.69, 9.17) is 5.73 Å². The molecule has 0 aromatic carbocycles. The second kappa shape index (κ2) is 7.23. The Hall–Kier alpha value is -1.10. The molecule has 0 bridgehead atoms. The summed E-state index contributed by atoms with van der Waals surface area (Å²) in [7, 11) is 0. The maximum Gasteiger partial charge on any atom is 0.224 e. The highest BCUT2D eigenvalue weighted by atomic mass is 16.2. The van der Waals surface area contributed by atoms with Gasteiger partial charge < -0.3 is 16.4 Å². The SMILES string of the molecule is CCNC(=O)CCNC(=O)C(C)C(C)N. The third kappa shape index (κ3) is 6.06. The van der Waals surface area contributed by atoms with E-state index < -0.39 is 0 Å². The zero-order chi connectivity index (χ0) is 11.8. The number of carbonyl (C=O) groups is 2. The Morgan fingerprint density at radius 3 is 2.33 bits per heavy atom. The molecule has 0 radical (unpaired) electrons. The summed E-state index contributed by atoms with van der Waals surface area (Å²) >= 11 is 0. The predicted molar refractivity (Wildman–Crippen MR) is 59.1 cm³/mol. The van der Waals surface area contributed by atoms with Crippen LogP contribution in [0.25, 0.3) is 0 Å². The second-order valence-electron chi connectivity index (χ2n) is 3.64. The molecular weight excluding hydrogens is 194 g/mol. The van der Waals surface area contributed by atoms with Crippen LogP contribution in [-0.2, 0) is 9.59 Å². The van der Waals surface area contributed by atoms with Gasteiger partial charge in [-0.25, -0.2) is 0 Å². The zero-order valence-electron chi connectivity index (χ0n) is 9.67. The molecule has 2 unspecified atom stereocenters. The molecule has 0 aromatic heterocycles. The fourth-order valence-electron chi connectivity index (χ4n) is 0.985. The van der Waals surface area contributed by atoms with Gasteiger partial charge in [0.25, 0.3) is 0 Å².